The van der Waals surface area contributed by atoms with E-state index in [9.17, 15) is 25.0 Å². The van der Waals surface area contributed by atoms with Gasteiger partial charge in [0.1, 0.15) is 12.4 Å². The van der Waals surface area contributed by atoms with E-state index in [-0.39, 0.29) is 23.5 Å². The fourth-order valence-electron chi connectivity index (χ4n) is 2.65. The molecule has 0 saturated carbocycles. The molecule has 0 spiro atoms. The van der Waals surface area contributed by atoms with Crippen LogP contribution in [0.1, 0.15) is 21.5 Å². The maximum Gasteiger partial charge on any atom is 0.271 e. The first-order valence-electron chi connectivity index (χ1n) is 9.17. The van der Waals surface area contributed by atoms with Gasteiger partial charge in [-0.15, -0.1) is 0 Å². The predicted octanol–water partition coefficient (Wildman–Crippen LogP) is 5.37. The van der Waals surface area contributed by atoms with Gasteiger partial charge in [0.25, 0.3) is 17.3 Å². The van der Waals surface area contributed by atoms with Crippen molar-refractivity contribution in [3.8, 4) is 5.75 Å². The van der Waals surface area contributed by atoms with Gasteiger partial charge in [-0.3, -0.25) is 25.0 Å². The van der Waals surface area contributed by atoms with E-state index in [1.807, 2.05) is 0 Å². The molecule has 3 aromatic rings. The van der Waals surface area contributed by atoms with Crippen molar-refractivity contribution < 1.29 is 19.4 Å². The second-order valence-corrected chi connectivity index (χ2v) is 8.24. The number of hydrazone groups is 1. The minimum atomic E-state index is -0.587. The van der Waals surface area contributed by atoms with Crippen molar-refractivity contribution in [2.24, 2.45) is 5.10 Å². The molecule has 0 aliphatic heterocycles. The van der Waals surface area contributed by atoms with Gasteiger partial charge in [0.05, 0.1) is 25.0 Å². The van der Waals surface area contributed by atoms with E-state index in [0.717, 1.165) is 11.6 Å². The van der Waals surface area contributed by atoms with Gasteiger partial charge in [0.2, 0.25) is 0 Å². The Kier molecular flexibility index (Phi) is 7.85. The summed E-state index contributed by atoms with van der Waals surface area (Å²) in [5, 5.41) is 25.5. The summed E-state index contributed by atoms with van der Waals surface area (Å²) in [4.78, 5) is 32.7. The minimum absolute atomic E-state index is 0.00216. The highest BCUT2D eigenvalue weighted by Crippen LogP contribution is 2.35. The highest BCUT2D eigenvalue weighted by molar-refractivity contribution is 9.11. The Hall–Kier alpha value is -3.64. The normalized spacial score (nSPS) is 10.7. The number of ether oxygens (including phenoxy) is 1. The molecular formula is C21H14Br2N4O6. The van der Waals surface area contributed by atoms with E-state index in [1.54, 1.807) is 24.3 Å². The summed E-state index contributed by atoms with van der Waals surface area (Å²) >= 11 is 6.85. The van der Waals surface area contributed by atoms with E-state index in [4.69, 9.17) is 4.74 Å². The Balaban J connectivity index is 1.64. The van der Waals surface area contributed by atoms with Crippen LogP contribution in [0.25, 0.3) is 0 Å². The van der Waals surface area contributed by atoms with Crippen LogP contribution in [0.3, 0.4) is 0 Å². The van der Waals surface area contributed by atoms with E-state index in [1.165, 1.54) is 36.5 Å². The number of non-ortho nitro benzene ring substituents is 2. The number of nitro benzene ring substituents is 2. The number of halogens is 2. The van der Waals surface area contributed by atoms with Crippen LogP contribution in [0.15, 0.2) is 74.7 Å². The summed E-state index contributed by atoms with van der Waals surface area (Å²) in [7, 11) is 0. The van der Waals surface area contributed by atoms with Crippen LogP contribution < -0.4 is 10.2 Å². The number of benzene rings is 3. The van der Waals surface area contributed by atoms with Crippen molar-refractivity contribution >= 4 is 55.4 Å². The maximum atomic E-state index is 12.2. The van der Waals surface area contributed by atoms with E-state index >= 15 is 0 Å². The zero-order valence-corrected chi connectivity index (χ0v) is 19.8. The first-order chi connectivity index (χ1) is 15.7. The molecule has 0 unspecified atom stereocenters. The highest BCUT2D eigenvalue weighted by atomic mass is 79.9. The molecule has 0 aliphatic carbocycles. The average molecular weight is 578 g/mol. The molecule has 0 heterocycles. The third-order valence-corrected chi connectivity index (χ3v) is 5.43. The second-order valence-electron chi connectivity index (χ2n) is 6.53. The van der Waals surface area contributed by atoms with E-state index < -0.39 is 15.8 Å². The summed E-state index contributed by atoms with van der Waals surface area (Å²) in [5.74, 6) is -0.0673. The quantitative estimate of drug-likeness (QED) is 0.217. The number of hydrogen-bond donors (Lipinski definition) is 1. The number of nitrogens with one attached hydrogen (secondary N) is 1. The molecule has 0 bridgehead atoms. The summed E-state index contributed by atoms with van der Waals surface area (Å²) in [6.45, 7) is 0.196. The summed E-state index contributed by atoms with van der Waals surface area (Å²) < 4.78 is 7.04. The first kappa shape index (κ1) is 24.0. The van der Waals surface area contributed by atoms with Crippen molar-refractivity contribution in [3.05, 3.63) is 107 Å². The van der Waals surface area contributed by atoms with Gasteiger partial charge in [-0.2, -0.15) is 5.10 Å². The fraction of sp³-hybridized carbons (Fsp3) is 0.0476. The number of carbonyl (C=O) groups excluding carboxylic acids is 1. The average Bonchev–Trinajstić information content (AvgIpc) is 2.78. The standard InChI is InChI=1S/C21H14Br2N4O6/c22-18-8-14(11-24-25-21(28)15-2-1-3-17(10-15)27(31)32)9-19(23)20(18)33-12-13-4-6-16(7-5-13)26(29)30/h1-11H,12H2,(H,25,28)/b24-11+. The largest absolute Gasteiger partial charge is 0.487 e. The summed E-state index contributed by atoms with van der Waals surface area (Å²) in [5.41, 5.74) is 3.64. The lowest BCUT2D eigenvalue weighted by atomic mass is 10.2. The lowest BCUT2D eigenvalue weighted by molar-refractivity contribution is -0.385. The molecule has 10 nitrogen and oxygen atoms in total. The van der Waals surface area contributed by atoms with E-state index in [0.29, 0.717) is 20.3 Å². The van der Waals surface area contributed by atoms with Crippen LogP contribution in [-0.2, 0) is 6.61 Å². The van der Waals surface area contributed by atoms with Gasteiger partial charge in [-0.25, -0.2) is 5.43 Å². The van der Waals surface area contributed by atoms with Crippen LogP contribution in [0, 0.1) is 20.2 Å². The maximum absolute atomic E-state index is 12.2. The molecular weight excluding hydrogens is 564 g/mol. The van der Waals surface area contributed by atoms with Gasteiger partial charge >= 0.3 is 0 Å². The number of carbonyl (C=O) groups is 1. The van der Waals surface area contributed by atoms with Crippen molar-refractivity contribution in [2.75, 3.05) is 0 Å². The zero-order valence-electron chi connectivity index (χ0n) is 16.6. The Bertz CT molecular complexity index is 1220. The van der Waals surface area contributed by atoms with Gasteiger partial charge in [-0.05, 0) is 73.3 Å². The molecule has 0 fully saturated rings. The number of hydrogen-bond acceptors (Lipinski definition) is 7. The second kappa shape index (κ2) is 10.8. The molecule has 0 radical (unpaired) electrons. The molecule has 1 amide bonds. The van der Waals surface area contributed by atoms with Crippen LogP contribution in [0.4, 0.5) is 11.4 Å². The molecule has 12 heteroatoms. The molecule has 0 aliphatic rings. The van der Waals surface area contributed by atoms with Crippen LogP contribution in [0.5, 0.6) is 5.75 Å². The van der Waals surface area contributed by atoms with Gasteiger partial charge in [-0.1, -0.05) is 6.07 Å². The highest BCUT2D eigenvalue weighted by Gasteiger charge is 2.12. The molecule has 0 aromatic heterocycles. The smallest absolute Gasteiger partial charge is 0.271 e. The number of amides is 1. The topological polar surface area (TPSA) is 137 Å². The Morgan fingerprint density at radius 2 is 1.61 bits per heavy atom. The molecule has 3 aromatic carbocycles. The van der Waals surface area contributed by atoms with Gasteiger partial charge in [0, 0.05) is 29.8 Å². The minimum Gasteiger partial charge on any atom is -0.487 e. The SMILES string of the molecule is O=C(N/N=C/c1cc(Br)c(OCc2ccc([N+](=O)[O-])cc2)c(Br)c1)c1cccc([N+](=O)[O-])c1. The van der Waals surface area contributed by atoms with Crippen molar-refractivity contribution in [1.29, 1.82) is 0 Å². The lowest BCUT2D eigenvalue weighted by Crippen LogP contribution is -2.17. The number of rotatable bonds is 8. The van der Waals surface area contributed by atoms with Crippen molar-refractivity contribution in [3.63, 3.8) is 0 Å². The Morgan fingerprint density at radius 3 is 2.21 bits per heavy atom. The van der Waals surface area contributed by atoms with Gasteiger partial charge in [0.15, 0.2) is 0 Å². The lowest BCUT2D eigenvalue weighted by Gasteiger charge is -2.11. The predicted molar refractivity (Wildman–Crippen MR) is 127 cm³/mol. The fourth-order valence-corrected chi connectivity index (χ4v) is 4.10. The van der Waals surface area contributed by atoms with Crippen molar-refractivity contribution in [2.45, 2.75) is 6.61 Å². The van der Waals surface area contributed by atoms with Crippen LogP contribution >= 0.6 is 31.9 Å². The molecule has 0 saturated heterocycles. The molecule has 168 valence electrons. The number of nitro groups is 2. The monoisotopic (exact) mass is 576 g/mol. The van der Waals surface area contributed by atoms with Crippen LogP contribution in [-0.4, -0.2) is 22.0 Å². The molecule has 0 atom stereocenters. The summed E-state index contributed by atoms with van der Waals surface area (Å²) in [6, 6.07) is 14.8. The third kappa shape index (κ3) is 6.43. The van der Waals surface area contributed by atoms with Crippen LogP contribution in [0.2, 0.25) is 0 Å². The number of nitrogens with zero attached hydrogens (tertiary/aromatic N) is 3. The third-order valence-electron chi connectivity index (χ3n) is 4.25. The van der Waals surface area contributed by atoms with Crippen molar-refractivity contribution in [1.82, 2.24) is 5.43 Å². The zero-order chi connectivity index (χ0) is 24.0. The Morgan fingerprint density at radius 1 is 0.970 bits per heavy atom. The first-order valence-corrected chi connectivity index (χ1v) is 10.8. The molecule has 3 rings (SSSR count). The van der Waals surface area contributed by atoms with E-state index in [2.05, 4.69) is 42.4 Å². The van der Waals surface area contributed by atoms with Gasteiger partial charge < -0.3 is 4.74 Å². The molecule has 33 heavy (non-hydrogen) atoms. The molecule has 1 N–H and O–H groups in total. The summed E-state index contributed by atoms with van der Waals surface area (Å²) in [6.07, 6.45) is 1.41. The Labute approximate surface area is 203 Å².